The minimum atomic E-state index is -0.202. The highest BCUT2D eigenvalue weighted by atomic mass is 16.3. The van der Waals surface area contributed by atoms with Crippen molar-refractivity contribution in [1.82, 2.24) is 0 Å². The van der Waals surface area contributed by atoms with Crippen LogP contribution in [0.4, 0.5) is 0 Å². The maximum absolute atomic E-state index is 9.57. The summed E-state index contributed by atoms with van der Waals surface area (Å²) < 4.78 is 0. The molecule has 4 nitrogen and oxygen atoms in total. The molecule has 0 bridgehead atoms. The van der Waals surface area contributed by atoms with Gasteiger partial charge in [-0.05, 0) is 18.4 Å². The second kappa shape index (κ2) is 3.98. The van der Waals surface area contributed by atoms with Crippen molar-refractivity contribution in [1.29, 1.82) is 0 Å². The molecule has 0 heterocycles. The average molecular weight is 211 g/mol. The zero-order valence-electron chi connectivity index (χ0n) is 8.99. The van der Waals surface area contributed by atoms with E-state index >= 15 is 0 Å². The fourth-order valence-electron chi connectivity index (χ4n) is 1.36. The molecule has 0 amide bonds. The number of aromatic hydroxyl groups is 3. The lowest BCUT2D eigenvalue weighted by molar-refractivity contribution is 0.352. The summed E-state index contributed by atoms with van der Waals surface area (Å²) in [4.78, 5) is 0. The first kappa shape index (κ1) is 11.7. The Morgan fingerprint density at radius 1 is 1.13 bits per heavy atom. The van der Waals surface area contributed by atoms with Gasteiger partial charge < -0.3 is 21.1 Å². The highest BCUT2D eigenvalue weighted by molar-refractivity contribution is 5.49. The molecular formula is C11H17NO3. The molecule has 0 radical (unpaired) electrons. The van der Waals surface area contributed by atoms with E-state index < -0.39 is 0 Å². The Hall–Kier alpha value is -1.42. The molecule has 0 aliphatic carbocycles. The van der Waals surface area contributed by atoms with Crippen LogP contribution in [0.3, 0.4) is 0 Å². The van der Waals surface area contributed by atoms with Gasteiger partial charge in [0.05, 0.1) is 0 Å². The van der Waals surface area contributed by atoms with Gasteiger partial charge in [-0.1, -0.05) is 13.8 Å². The van der Waals surface area contributed by atoms with Gasteiger partial charge in [0, 0.05) is 17.7 Å². The summed E-state index contributed by atoms with van der Waals surface area (Å²) in [7, 11) is 0. The van der Waals surface area contributed by atoms with Crippen LogP contribution in [0.2, 0.25) is 0 Å². The number of hydrogen-bond acceptors (Lipinski definition) is 4. The first-order valence-corrected chi connectivity index (χ1v) is 4.79. The van der Waals surface area contributed by atoms with Crippen molar-refractivity contribution in [2.45, 2.75) is 20.3 Å². The highest BCUT2D eigenvalue weighted by Crippen LogP contribution is 2.36. The van der Waals surface area contributed by atoms with E-state index in [-0.39, 0.29) is 22.7 Å². The quantitative estimate of drug-likeness (QED) is 0.607. The molecule has 1 aromatic carbocycles. The summed E-state index contributed by atoms with van der Waals surface area (Å²) >= 11 is 0. The maximum atomic E-state index is 9.57. The van der Waals surface area contributed by atoms with Gasteiger partial charge in [-0.3, -0.25) is 0 Å². The van der Waals surface area contributed by atoms with Crippen LogP contribution in [0.25, 0.3) is 0 Å². The van der Waals surface area contributed by atoms with E-state index in [4.69, 9.17) is 10.8 Å². The largest absolute Gasteiger partial charge is 0.508 e. The van der Waals surface area contributed by atoms with Gasteiger partial charge >= 0.3 is 0 Å². The number of phenols is 3. The molecular weight excluding hydrogens is 194 g/mol. The number of hydrogen-bond donors (Lipinski definition) is 4. The predicted octanol–water partition coefficient (Wildman–Crippen LogP) is 1.33. The SMILES string of the molecule is CC(C)(CN)Cc1c(O)cc(O)cc1O. The molecule has 1 rings (SSSR count). The third-order valence-corrected chi connectivity index (χ3v) is 2.40. The summed E-state index contributed by atoms with van der Waals surface area (Å²) in [6.07, 6.45) is 0.460. The van der Waals surface area contributed by atoms with Gasteiger partial charge in [0.2, 0.25) is 0 Å². The zero-order valence-corrected chi connectivity index (χ0v) is 8.99. The summed E-state index contributed by atoms with van der Waals surface area (Å²) in [6, 6.07) is 2.42. The van der Waals surface area contributed by atoms with E-state index in [1.807, 2.05) is 13.8 Å². The van der Waals surface area contributed by atoms with E-state index in [2.05, 4.69) is 0 Å². The molecule has 0 fully saturated rings. The third kappa shape index (κ3) is 2.76. The molecule has 84 valence electrons. The van der Waals surface area contributed by atoms with Crippen LogP contribution in [-0.4, -0.2) is 21.9 Å². The lowest BCUT2D eigenvalue weighted by atomic mass is 9.85. The van der Waals surface area contributed by atoms with E-state index in [0.717, 1.165) is 0 Å². The lowest BCUT2D eigenvalue weighted by Gasteiger charge is -2.23. The van der Waals surface area contributed by atoms with E-state index in [1.54, 1.807) is 0 Å². The monoisotopic (exact) mass is 211 g/mol. The molecule has 0 saturated carbocycles. The number of rotatable bonds is 3. The van der Waals surface area contributed by atoms with Crippen LogP contribution in [0.15, 0.2) is 12.1 Å². The fraction of sp³-hybridized carbons (Fsp3) is 0.455. The Balaban J connectivity index is 3.05. The van der Waals surface area contributed by atoms with Gasteiger partial charge in [0.25, 0.3) is 0 Å². The Morgan fingerprint density at radius 2 is 1.60 bits per heavy atom. The third-order valence-electron chi connectivity index (χ3n) is 2.40. The summed E-state index contributed by atoms with van der Waals surface area (Å²) in [5.74, 6) is -0.359. The molecule has 15 heavy (non-hydrogen) atoms. The number of benzene rings is 1. The Bertz CT molecular complexity index is 338. The van der Waals surface area contributed by atoms with E-state index in [9.17, 15) is 10.2 Å². The fourth-order valence-corrected chi connectivity index (χ4v) is 1.36. The molecule has 0 saturated heterocycles. The highest BCUT2D eigenvalue weighted by Gasteiger charge is 2.21. The van der Waals surface area contributed by atoms with Crippen molar-refractivity contribution >= 4 is 0 Å². The van der Waals surface area contributed by atoms with Crippen molar-refractivity contribution in [3.05, 3.63) is 17.7 Å². The van der Waals surface area contributed by atoms with Crippen LogP contribution in [0.1, 0.15) is 19.4 Å². The number of phenolic OH excluding ortho intramolecular Hbond substituents is 3. The van der Waals surface area contributed by atoms with Gasteiger partial charge in [-0.2, -0.15) is 0 Å². The Kier molecular flexibility index (Phi) is 3.09. The van der Waals surface area contributed by atoms with Crippen molar-refractivity contribution in [3.63, 3.8) is 0 Å². The standard InChI is InChI=1S/C11H17NO3/c1-11(2,6-12)5-8-9(14)3-7(13)4-10(8)15/h3-4,13-15H,5-6,12H2,1-2H3. The van der Waals surface area contributed by atoms with Gasteiger partial charge in [0.1, 0.15) is 17.2 Å². The molecule has 0 aliphatic rings. The summed E-state index contributed by atoms with van der Waals surface area (Å²) in [5, 5.41) is 28.3. The van der Waals surface area contributed by atoms with Crippen molar-refractivity contribution < 1.29 is 15.3 Å². The first-order chi connectivity index (χ1) is 6.85. The second-order valence-electron chi connectivity index (χ2n) is 4.51. The average Bonchev–Trinajstić information content (AvgIpc) is 2.11. The zero-order chi connectivity index (χ0) is 11.6. The van der Waals surface area contributed by atoms with Crippen molar-refractivity contribution in [3.8, 4) is 17.2 Å². The smallest absolute Gasteiger partial charge is 0.126 e. The van der Waals surface area contributed by atoms with E-state index in [0.29, 0.717) is 18.5 Å². The van der Waals surface area contributed by atoms with Gasteiger partial charge in [-0.25, -0.2) is 0 Å². The van der Waals surface area contributed by atoms with Gasteiger partial charge in [-0.15, -0.1) is 0 Å². The summed E-state index contributed by atoms with van der Waals surface area (Å²) in [5.41, 5.74) is 5.79. The molecule has 0 aromatic heterocycles. The molecule has 0 spiro atoms. The minimum Gasteiger partial charge on any atom is -0.508 e. The molecule has 4 heteroatoms. The molecule has 5 N–H and O–H groups in total. The minimum absolute atomic E-state index is 0.103. The predicted molar refractivity (Wildman–Crippen MR) is 58.0 cm³/mol. The second-order valence-corrected chi connectivity index (χ2v) is 4.51. The molecule has 0 unspecified atom stereocenters. The van der Waals surface area contributed by atoms with E-state index in [1.165, 1.54) is 12.1 Å². The topological polar surface area (TPSA) is 86.7 Å². The molecule has 1 aromatic rings. The Morgan fingerprint density at radius 3 is 2.00 bits per heavy atom. The van der Waals surface area contributed by atoms with Gasteiger partial charge in [0.15, 0.2) is 0 Å². The molecule has 0 aliphatic heterocycles. The van der Waals surface area contributed by atoms with Crippen molar-refractivity contribution in [2.75, 3.05) is 6.54 Å². The van der Waals surface area contributed by atoms with Crippen LogP contribution in [-0.2, 0) is 6.42 Å². The van der Waals surface area contributed by atoms with Crippen LogP contribution in [0.5, 0.6) is 17.2 Å². The van der Waals surface area contributed by atoms with Crippen LogP contribution in [0, 0.1) is 5.41 Å². The first-order valence-electron chi connectivity index (χ1n) is 4.79. The van der Waals surface area contributed by atoms with Crippen LogP contribution < -0.4 is 5.73 Å². The number of nitrogens with two attached hydrogens (primary N) is 1. The lowest BCUT2D eigenvalue weighted by Crippen LogP contribution is -2.25. The van der Waals surface area contributed by atoms with Crippen LogP contribution >= 0.6 is 0 Å². The summed E-state index contributed by atoms with van der Waals surface area (Å²) in [6.45, 7) is 4.34. The van der Waals surface area contributed by atoms with Crippen molar-refractivity contribution in [2.24, 2.45) is 11.1 Å². The maximum Gasteiger partial charge on any atom is 0.126 e. The molecule has 0 atom stereocenters. The normalized spacial score (nSPS) is 11.7. The Labute approximate surface area is 89.0 Å².